The van der Waals surface area contributed by atoms with Gasteiger partial charge in [0.25, 0.3) is 0 Å². The van der Waals surface area contributed by atoms with E-state index in [0.717, 1.165) is 44.0 Å². The van der Waals surface area contributed by atoms with Gasteiger partial charge in [-0.3, -0.25) is 9.69 Å². The molecule has 36 heavy (non-hydrogen) atoms. The van der Waals surface area contributed by atoms with Crippen molar-refractivity contribution in [2.75, 3.05) is 45.7 Å². The zero-order valence-corrected chi connectivity index (χ0v) is 20.8. The number of amides is 1. The molecule has 1 saturated heterocycles. The van der Waals surface area contributed by atoms with Gasteiger partial charge in [-0.05, 0) is 54.6 Å². The molecule has 0 unspecified atom stereocenters. The van der Waals surface area contributed by atoms with Gasteiger partial charge < -0.3 is 24.8 Å². The summed E-state index contributed by atoms with van der Waals surface area (Å²) < 4.78 is 11.1. The number of benzene rings is 3. The second-order valence-electron chi connectivity index (χ2n) is 8.92. The number of hydrogen-bond acceptors (Lipinski definition) is 6. The maximum absolute atomic E-state index is 12.5. The smallest absolute Gasteiger partial charge is 0.248 e. The second-order valence-corrected chi connectivity index (χ2v) is 8.92. The van der Waals surface area contributed by atoms with Crippen LogP contribution in [0.5, 0.6) is 17.2 Å². The zero-order chi connectivity index (χ0) is 25.3. The Morgan fingerprint density at radius 1 is 1.03 bits per heavy atom. The largest absolute Gasteiger partial charge is 0.504 e. The van der Waals surface area contributed by atoms with E-state index >= 15 is 0 Å². The van der Waals surface area contributed by atoms with Crippen molar-refractivity contribution in [1.29, 1.82) is 0 Å². The number of phenols is 1. The number of hydrogen-bond donors (Lipinski definition) is 2. The molecule has 0 bridgehead atoms. The van der Waals surface area contributed by atoms with Crippen molar-refractivity contribution < 1.29 is 19.4 Å². The maximum atomic E-state index is 12.5. The predicted octanol–water partition coefficient (Wildman–Crippen LogP) is 4.38. The Labute approximate surface area is 212 Å². The fourth-order valence-electron chi connectivity index (χ4n) is 4.04. The summed E-state index contributed by atoms with van der Waals surface area (Å²) in [7, 11) is 3.66. The Morgan fingerprint density at radius 3 is 2.50 bits per heavy atom. The van der Waals surface area contributed by atoms with Crippen molar-refractivity contribution >= 4 is 17.7 Å². The van der Waals surface area contributed by atoms with Crippen molar-refractivity contribution in [3.05, 3.63) is 89.5 Å². The summed E-state index contributed by atoms with van der Waals surface area (Å²) in [4.78, 5) is 17.3. The summed E-state index contributed by atoms with van der Waals surface area (Å²) in [5.74, 6) is 0.925. The Kier molecular flexibility index (Phi) is 8.60. The summed E-state index contributed by atoms with van der Waals surface area (Å²) in [6.07, 6.45) is 3.06. The summed E-state index contributed by atoms with van der Waals surface area (Å²) in [5, 5.41) is 12.8. The molecule has 0 aliphatic carbocycles. The number of aromatic hydroxyl groups is 1. The molecule has 0 aromatic heterocycles. The lowest BCUT2D eigenvalue weighted by Gasteiger charge is -2.32. The van der Waals surface area contributed by atoms with E-state index in [1.165, 1.54) is 18.7 Å². The lowest BCUT2D eigenvalue weighted by molar-refractivity contribution is -0.111. The van der Waals surface area contributed by atoms with Crippen LogP contribution in [0.15, 0.2) is 72.8 Å². The third-order valence-electron chi connectivity index (χ3n) is 6.23. The SMILES string of the molecule is COc1ccc(C=CC(=O)Nc2ccccc2COc2ccc(CN3CCN(C)CC3)cc2)cc1O. The lowest BCUT2D eigenvalue weighted by Crippen LogP contribution is -2.43. The van der Waals surface area contributed by atoms with E-state index in [4.69, 9.17) is 9.47 Å². The molecule has 0 atom stereocenters. The first-order valence-corrected chi connectivity index (χ1v) is 12.1. The third-order valence-corrected chi connectivity index (χ3v) is 6.23. The molecule has 2 N–H and O–H groups in total. The molecule has 1 fully saturated rings. The normalized spacial score (nSPS) is 14.6. The van der Waals surface area contributed by atoms with E-state index in [2.05, 4.69) is 34.3 Å². The van der Waals surface area contributed by atoms with Crippen LogP contribution in [-0.2, 0) is 17.9 Å². The highest BCUT2D eigenvalue weighted by atomic mass is 16.5. The molecule has 1 aliphatic heterocycles. The van der Waals surface area contributed by atoms with E-state index in [0.29, 0.717) is 23.6 Å². The fourth-order valence-corrected chi connectivity index (χ4v) is 4.04. The van der Waals surface area contributed by atoms with Gasteiger partial charge in [0.15, 0.2) is 11.5 Å². The Morgan fingerprint density at radius 2 is 1.78 bits per heavy atom. The minimum Gasteiger partial charge on any atom is -0.504 e. The summed E-state index contributed by atoms with van der Waals surface area (Å²) in [5.41, 5.74) is 3.53. The molecule has 7 nitrogen and oxygen atoms in total. The van der Waals surface area contributed by atoms with Crippen LogP contribution in [0.1, 0.15) is 16.7 Å². The Bertz CT molecular complexity index is 1190. The topological polar surface area (TPSA) is 74.3 Å². The van der Waals surface area contributed by atoms with Gasteiger partial charge in [0.05, 0.1) is 7.11 Å². The van der Waals surface area contributed by atoms with E-state index in [-0.39, 0.29) is 11.7 Å². The number of nitrogens with one attached hydrogen (secondary N) is 1. The van der Waals surface area contributed by atoms with Crippen LogP contribution in [0.25, 0.3) is 6.08 Å². The van der Waals surface area contributed by atoms with Crippen molar-refractivity contribution in [3.63, 3.8) is 0 Å². The molecule has 7 heteroatoms. The van der Waals surface area contributed by atoms with Crippen molar-refractivity contribution in [2.45, 2.75) is 13.2 Å². The van der Waals surface area contributed by atoms with Gasteiger partial charge in [0.1, 0.15) is 12.4 Å². The van der Waals surface area contributed by atoms with Gasteiger partial charge in [-0.2, -0.15) is 0 Å². The second kappa shape index (κ2) is 12.2. The molecule has 3 aromatic rings. The molecule has 0 radical (unpaired) electrons. The molecule has 1 heterocycles. The van der Waals surface area contributed by atoms with Crippen molar-refractivity contribution in [1.82, 2.24) is 9.80 Å². The Balaban J connectivity index is 1.31. The number of anilines is 1. The molecule has 188 valence electrons. The van der Waals surface area contributed by atoms with E-state index in [1.54, 1.807) is 24.3 Å². The monoisotopic (exact) mass is 487 g/mol. The minimum absolute atomic E-state index is 0.0231. The number of piperazine rings is 1. The van der Waals surface area contributed by atoms with E-state index in [1.807, 2.05) is 36.4 Å². The first-order chi connectivity index (χ1) is 17.5. The minimum atomic E-state index is -0.272. The average molecular weight is 488 g/mol. The van der Waals surface area contributed by atoms with E-state index < -0.39 is 0 Å². The summed E-state index contributed by atoms with van der Waals surface area (Å²) in [6.45, 7) is 5.69. The quantitative estimate of drug-likeness (QED) is 0.437. The molecular formula is C29H33N3O4. The van der Waals surface area contributed by atoms with Gasteiger partial charge in [-0.25, -0.2) is 0 Å². The lowest BCUT2D eigenvalue weighted by atomic mass is 10.1. The molecule has 1 aliphatic rings. The number of para-hydroxylation sites is 1. The number of phenolic OH excluding ortho intramolecular Hbond substituents is 1. The Hall–Kier alpha value is -3.81. The highest BCUT2D eigenvalue weighted by molar-refractivity contribution is 6.02. The predicted molar refractivity (Wildman–Crippen MR) is 142 cm³/mol. The van der Waals surface area contributed by atoms with Crippen LogP contribution in [-0.4, -0.2) is 61.2 Å². The first-order valence-electron chi connectivity index (χ1n) is 12.1. The van der Waals surface area contributed by atoms with Crippen LogP contribution in [0.2, 0.25) is 0 Å². The highest BCUT2D eigenvalue weighted by Gasteiger charge is 2.14. The number of rotatable bonds is 9. The van der Waals surface area contributed by atoms with Gasteiger partial charge >= 0.3 is 0 Å². The number of nitrogens with zero attached hydrogens (tertiary/aromatic N) is 2. The van der Waals surface area contributed by atoms with Gasteiger partial charge in [0.2, 0.25) is 5.91 Å². The fraction of sp³-hybridized carbons (Fsp3) is 0.276. The van der Waals surface area contributed by atoms with Crippen LogP contribution >= 0.6 is 0 Å². The van der Waals surface area contributed by atoms with Crippen molar-refractivity contribution in [2.24, 2.45) is 0 Å². The van der Waals surface area contributed by atoms with Crippen LogP contribution in [0.3, 0.4) is 0 Å². The van der Waals surface area contributed by atoms with Crippen LogP contribution in [0.4, 0.5) is 5.69 Å². The number of ether oxygens (including phenoxy) is 2. The summed E-state index contributed by atoms with van der Waals surface area (Å²) >= 11 is 0. The maximum Gasteiger partial charge on any atom is 0.248 e. The molecule has 0 spiro atoms. The van der Waals surface area contributed by atoms with Gasteiger partial charge in [-0.1, -0.05) is 36.4 Å². The van der Waals surface area contributed by atoms with Crippen LogP contribution < -0.4 is 14.8 Å². The van der Waals surface area contributed by atoms with Gasteiger partial charge in [-0.15, -0.1) is 0 Å². The molecule has 4 rings (SSSR count). The number of carbonyl (C=O) groups is 1. The molecule has 0 saturated carbocycles. The van der Waals surface area contributed by atoms with E-state index in [9.17, 15) is 9.90 Å². The average Bonchev–Trinajstić information content (AvgIpc) is 2.89. The standard InChI is InChI=1S/C29H33N3O4/c1-31-15-17-32(18-16-31)20-23-7-11-25(12-8-23)36-21-24-5-3-4-6-26(24)30-29(34)14-10-22-9-13-28(35-2)27(33)19-22/h3-14,19,33H,15-18,20-21H2,1-2H3,(H,30,34). The van der Waals surface area contributed by atoms with Crippen LogP contribution in [0, 0.1) is 0 Å². The summed E-state index contributed by atoms with van der Waals surface area (Å²) in [6, 6.07) is 20.8. The molecule has 1 amide bonds. The molecule has 3 aromatic carbocycles. The third kappa shape index (κ3) is 7.10. The number of carbonyl (C=O) groups excluding carboxylic acids is 1. The number of methoxy groups -OCH3 is 1. The highest BCUT2D eigenvalue weighted by Crippen LogP contribution is 2.27. The van der Waals surface area contributed by atoms with Gasteiger partial charge in [0, 0.05) is 50.1 Å². The zero-order valence-electron chi connectivity index (χ0n) is 20.8. The number of likely N-dealkylation sites (N-methyl/N-ethyl adjacent to an activating group) is 1. The molecular weight excluding hydrogens is 454 g/mol. The first kappa shape index (κ1) is 25.3. The van der Waals surface area contributed by atoms with Crippen molar-refractivity contribution in [3.8, 4) is 17.2 Å².